The van der Waals surface area contributed by atoms with Gasteiger partial charge in [-0.1, -0.05) is 43.3 Å². The average molecular weight is 320 g/mol. The van der Waals surface area contributed by atoms with Crippen molar-refractivity contribution in [1.82, 2.24) is 0 Å². The Morgan fingerprint density at radius 1 is 1.05 bits per heavy atom. The van der Waals surface area contributed by atoms with E-state index in [0.29, 0.717) is 13.2 Å². The summed E-state index contributed by atoms with van der Waals surface area (Å²) in [4.78, 5) is 0. The van der Waals surface area contributed by atoms with E-state index < -0.39 is 0 Å². The molecule has 0 fully saturated rings. The van der Waals surface area contributed by atoms with Crippen LogP contribution in [0.15, 0.2) is 46.9 Å². The van der Waals surface area contributed by atoms with Crippen LogP contribution in [0.25, 0.3) is 0 Å². The van der Waals surface area contributed by atoms with E-state index in [0.717, 1.165) is 27.8 Å². The van der Waals surface area contributed by atoms with Crippen LogP contribution in [0.1, 0.15) is 23.6 Å². The second-order valence-electron chi connectivity index (χ2n) is 4.39. The fraction of sp³-hybridized carbons (Fsp3) is 0.250. The molecule has 2 aromatic rings. The van der Waals surface area contributed by atoms with E-state index in [1.807, 2.05) is 18.2 Å². The van der Waals surface area contributed by atoms with Gasteiger partial charge in [0.2, 0.25) is 0 Å². The van der Waals surface area contributed by atoms with Crippen LogP contribution >= 0.6 is 15.9 Å². The maximum atomic E-state index is 5.89. The first-order valence-electron chi connectivity index (χ1n) is 6.42. The van der Waals surface area contributed by atoms with Gasteiger partial charge in [0.1, 0.15) is 12.4 Å². The summed E-state index contributed by atoms with van der Waals surface area (Å²) in [7, 11) is 0. The molecule has 0 atom stereocenters. The van der Waals surface area contributed by atoms with Gasteiger partial charge in [0, 0.05) is 12.1 Å². The Bertz CT molecular complexity index is 537. The molecule has 0 saturated heterocycles. The molecule has 0 aliphatic rings. The van der Waals surface area contributed by atoms with Gasteiger partial charge in [-0.15, -0.1) is 0 Å². The minimum absolute atomic E-state index is 0.476. The highest BCUT2D eigenvalue weighted by Gasteiger charge is 2.07. The lowest BCUT2D eigenvalue weighted by Crippen LogP contribution is -2.03. The number of ether oxygens (including phenoxy) is 1. The van der Waals surface area contributed by atoms with E-state index in [9.17, 15) is 0 Å². The van der Waals surface area contributed by atoms with Crippen LogP contribution < -0.4 is 10.5 Å². The standard InChI is InChI=1S/C16H18BrNO/c1-2-12-6-8-13(9-7-12)11-19-16-14(10-18)4-3-5-15(16)17/h3-9H,2,10-11,18H2,1H3. The zero-order valence-electron chi connectivity index (χ0n) is 11.0. The largest absolute Gasteiger partial charge is 0.487 e. The lowest BCUT2D eigenvalue weighted by atomic mass is 10.1. The molecule has 0 bridgehead atoms. The zero-order chi connectivity index (χ0) is 13.7. The molecule has 3 heteroatoms. The van der Waals surface area contributed by atoms with Crippen molar-refractivity contribution in [2.45, 2.75) is 26.5 Å². The number of halogens is 1. The Morgan fingerprint density at radius 3 is 2.37 bits per heavy atom. The van der Waals surface area contributed by atoms with Gasteiger partial charge in [-0.25, -0.2) is 0 Å². The summed E-state index contributed by atoms with van der Waals surface area (Å²) in [6.07, 6.45) is 1.06. The van der Waals surface area contributed by atoms with E-state index >= 15 is 0 Å². The predicted octanol–water partition coefficient (Wildman–Crippen LogP) is 4.05. The minimum Gasteiger partial charge on any atom is -0.487 e. The van der Waals surface area contributed by atoms with Gasteiger partial charge in [0.15, 0.2) is 0 Å². The summed E-state index contributed by atoms with van der Waals surface area (Å²) < 4.78 is 6.84. The fourth-order valence-electron chi connectivity index (χ4n) is 1.90. The van der Waals surface area contributed by atoms with E-state index in [1.165, 1.54) is 5.56 Å². The summed E-state index contributed by atoms with van der Waals surface area (Å²) in [5, 5.41) is 0. The van der Waals surface area contributed by atoms with E-state index in [4.69, 9.17) is 10.5 Å². The number of hydrogen-bond acceptors (Lipinski definition) is 2. The van der Waals surface area contributed by atoms with Crippen molar-refractivity contribution < 1.29 is 4.74 Å². The first kappa shape index (κ1) is 14.1. The lowest BCUT2D eigenvalue weighted by Gasteiger charge is -2.12. The molecule has 0 spiro atoms. The molecule has 0 saturated carbocycles. The van der Waals surface area contributed by atoms with Crippen LogP contribution in [0, 0.1) is 0 Å². The molecule has 2 rings (SSSR count). The van der Waals surface area contributed by atoms with Crippen molar-refractivity contribution >= 4 is 15.9 Å². The Balaban J connectivity index is 2.09. The number of benzene rings is 2. The van der Waals surface area contributed by atoms with Crippen LogP contribution in [0.4, 0.5) is 0 Å². The quantitative estimate of drug-likeness (QED) is 0.902. The molecule has 2 nitrogen and oxygen atoms in total. The number of aryl methyl sites for hydroxylation is 1. The molecule has 0 amide bonds. The summed E-state index contributed by atoms with van der Waals surface area (Å²) in [5.41, 5.74) is 9.24. The number of rotatable bonds is 5. The average Bonchev–Trinajstić information content (AvgIpc) is 2.46. The Labute approximate surface area is 122 Å². The van der Waals surface area contributed by atoms with Gasteiger partial charge in [-0.05, 0) is 39.5 Å². The maximum Gasteiger partial charge on any atom is 0.138 e. The van der Waals surface area contributed by atoms with E-state index in [-0.39, 0.29) is 0 Å². The molecule has 19 heavy (non-hydrogen) atoms. The second-order valence-corrected chi connectivity index (χ2v) is 5.25. The summed E-state index contributed by atoms with van der Waals surface area (Å²) in [6.45, 7) is 3.18. The normalized spacial score (nSPS) is 10.5. The summed E-state index contributed by atoms with van der Waals surface area (Å²) >= 11 is 3.50. The molecule has 100 valence electrons. The first-order chi connectivity index (χ1) is 9.24. The molecule has 0 heterocycles. The van der Waals surface area contributed by atoms with Crippen molar-refractivity contribution in [3.8, 4) is 5.75 Å². The molecule has 2 aromatic carbocycles. The lowest BCUT2D eigenvalue weighted by molar-refractivity contribution is 0.301. The molecule has 2 N–H and O–H groups in total. The highest BCUT2D eigenvalue weighted by atomic mass is 79.9. The van der Waals surface area contributed by atoms with Gasteiger partial charge in [-0.3, -0.25) is 0 Å². The van der Waals surface area contributed by atoms with Crippen molar-refractivity contribution in [3.63, 3.8) is 0 Å². The van der Waals surface area contributed by atoms with Crippen LogP contribution in [-0.4, -0.2) is 0 Å². The molecule has 0 radical (unpaired) electrons. The third kappa shape index (κ3) is 3.58. The van der Waals surface area contributed by atoms with Gasteiger partial charge in [0.25, 0.3) is 0 Å². The third-order valence-corrected chi connectivity index (χ3v) is 3.71. The van der Waals surface area contributed by atoms with Gasteiger partial charge < -0.3 is 10.5 Å². The maximum absolute atomic E-state index is 5.89. The molecular formula is C16H18BrNO. The van der Waals surface area contributed by atoms with Crippen LogP contribution in [0.3, 0.4) is 0 Å². The van der Waals surface area contributed by atoms with Gasteiger partial charge >= 0.3 is 0 Å². The monoisotopic (exact) mass is 319 g/mol. The topological polar surface area (TPSA) is 35.2 Å². The van der Waals surface area contributed by atoms with Crippen molar-refractivity contribution in [2.75, 3.05) is 0 Å². The highest BCUT2D eigenvalue weighted by molar-refractivity contribution is 9.10. The zero-order valence-corrected chi connectivity index (χ0v) is 12.6. The molecule has 0 aromatic heterocycles. The Kier molecular flexibility index (Phi) is 5.00. The predicted molar refractivity (Wildman–Crippen MR) is 82.2 cm³/mol. The highest BCUT2D eigenvalue weighted by Crippen LogP contribution is 2.29. The Hall–Kier alpha value is -1.32. The third-order valence-electron chi connectivity index (χ3n) is 3.08. The molecule has 0 aliphatic carbocycles. The van der Waals surface area contributed by atoms with Crippen molar-refractivity contribution in [1.29, 1.82) is 0 Å². The van der Waals surface area contributed by atoms with Crippen LogP contribution in [0.2, 0.25) is 0 Å². The molecular weight excluding hydrogens is 302 g/mol. The van der Waals surface area contributed by atoms with Crippen LogP contribution in [-0.2, 0) is 19.6 Å². The Morgan fingerprint density at radius 2 is 1.74 bits per heavy atom. The summed E-state index contributed by atoms with van der Waals surface area (Å²) in [5.74, 6) is 0.838. The summed E-state index contributed by atoms with van der Waals surface area (Å²) in [6, 6.07) is 14.4. The van der Waals surface area contributed by atoms with Gasteiger partial charge in [0.05, 0.1) is 4.47 Å². The molecule has 0 unspecified atom stereocenters. The number of para-hydroxylation sites is 1. The second kappa shape index (κ2) is 6.73. The van der Waals surface area contributed by atoms with E-state index in [2.05, 4.69) is 47.1 Å². The first-order valence-corrected chi connectivity index (χ1v) is 7.22. The fourth-order valence-corrected chi connectivity index (χ4v) is 2.42. The molecule has 0 aliphatic heterocycles. The van der Waals surface area contributed by atoms with Crippen molar-refractivity contribution in [3.05, 3.63) is 63.6 Å². The number of hydrogen-bond donors (Lipinski definition) is 1. The van der Waals surface area contributed by atoms with Crippen molar-refractivity contribution in [2.24, 2.45) is 5.73 Å². The van der Waals surface area contributed by atoms with Gasteiger partial charge in [-0.2, -0.15) is 0 Å². The SMILES string of the molecule is CCc1ccc(COc2c(Br)cccc2CN)cc1. The van der Waals surface area contributed by atoms with Crippen LogP contribution in [0.5, 0.6) is 5.75 Å². The smallest absolute Gasteiger partial charge is 0.138 e. The number of nitrogens with two attached hydrogens (primary N) is 1. The van der Waals surface area contributed by atoms with E-state index in [1.54, 1.807) is 0 Å². The minimum atomic E-state index is 0.476.